The van der Waals surface area contributed by atoms with E-state index in [2.05, 4.69) is 4.98 Å². The maximum atomic E-state index is 12.5. The van der Waals surface area contributed by atoms with Gasteiger partial charge in [0.05, 0.1) is 23.4 Å². The van der Waals surface area contributed by atoms with Crippen LogP contribution in [0.3, 0.4) is 0 Å². The Kier molecular flexibility index (Phi) is 6.97. The van der Waals surface area contributed by atoms with Gasteiger partial charge in [-0.25, -0.2) is 14.6 Å². The Bertz CT molecular complexity index is 1140. The zero-order valence-corrected chi connectivity index (χ0v) is 17.6. The molecule has 0 saturated carbocycles. The molecule has 0 amide bonds. The highest BCUT2D eigenvalue weighted by Crippen LogP contribution is 2.24. The van der Waals surface area contributed by atoms with Crippen molar-refractivity contribution in [1.29, 1.82) is 0 Å². The third-order valence-corrected chi connectivity index (χ3v) is 4.67. The fourth-order valence-electron chi connectivity index (χ4n) is 3.16. The number of benzene rings is 2. The lowest BCUT2D eigenvalue weighted by Gasteiger charge is -2.14. The van der Waals surface area contributed by atoms with E-state index in [1.165, 1.54) is 6.92 Å². The molecule has 0 spiro atoms. The van der Waals surface area contributed by atoms with Gasteiger partial charge in [-0.1, -0.05) is 30.3 Å². The van der Waals surface area contributed by atoms with Gasteiger partial charge in [-0.3, -0.25) is 4.79 Å². The number of rotatable bonds is 8. The van der Waals surface area contributed by atoms with Gasteiger partial charge < -0.3 is 14.2 Å². The molecule has 31 heavy (non-hydrogen) atoms. The van der Waals surface area contributed by atoms with Gasteiger partial charge in [-0.05, 0) is 44.5 Å². The second-order valence-corrected chi connectivity index (χ2v) is 6.83. The third kappa shape index (κ3) is 5.25. The van der Waals surface area contributed by atoms with Gasteiger partial charge in [0.2, 0.25) is 0 Å². The molecule has 0 N–H and O–H groups in total. The van der Waals surface area contributed by atoms with Crippen LogP contribution in [0.4, 0.5) is 0 Å². The molecule has 0 aliphatic rings. The van der Waals surface area contributed by atoms with Crippen LogP contribution in [-0.4, -0.2) is 35.9 Å². The van der Waals surface area contributed by atoms with Gasteiger partial charge >= 0.3 is 11.9 Å². The van der Waals surface area contributed by atoms with Gasteiger partial charge in [0.25, 0.3) is 0 Å². The highest BCUT2D eigenvalue weighted by atomic mass is 16.6. The zero-order chi connectivity index (χ0) is 22.4. The van der Waals surface area contributed by atoms with Crippen molar-refractivity contribution in [3.05, 3.63) is 70.9 Å². The van der Waals surface area contributed by atoms with Gasteiger partial charge in [-0.15, -0.1) is 0 Å². The number of aromatic nitrogens is 1. The fourth-order valence-corrected chi connectivity index (χ4v) is 3.16. The van der Waals surface area contributed by atoms with Crippen molar-refractivity contribution >= 4 is 28.6 Å². The lowest BCUT2D eigenvalue weighted by molar-refractivity contribution is -0.147. The number of esters is 2. The number of fused-ring (bicyclic) bond motifs is 1. The predicted octanol–water partition coefficient (Wildman–Crippen LogP) is 4.04. The molecule has 0 aliphatic carbocycles. The topological polar surface area (TPSA) is 91.8 Å². The second kappa shape index (κ2) is 9.84. The van der Waals surface area contributed by atoms with E-state index in [1.54, 1.807) is 31.2 Å². The molecular weight excluding hydrogens is 398 g/mol. The van der Waals surface area contributed by atoms with E-state index in [-0.39, 0.29) is 25.6 Å². The van der Waals surface area contributed by atoms with Crippen molar-refractivity contribution in [2.45, 2.75) is 27.4 Å². The molecule has 0 unspecified atom stereocenters. The number of ether oxygens (including phenoxy) is 3. The molecule has 0 atom stereocenters. The SMILES string of the molecule is CCOC(=O)c1c(COC(=O)COc2cccc(C(C)=O)c2)nc2ccccc2c1C. The normalized spacial score (nSPS) is 10.5. The van der Waals surface area contributed by atoms with E-state index >= 15 is 0 Å². The Labute approximate surface area is 179 Å². The van der Waals surface area contributed by atoms with E-state index in [0.29, 0.717) is 33.7 Å². The largest absolute Gasteiger partial charge is 0.482 e. The summed E-state index contributed by atoms with van der Waals surface area (Å²) in [5.41, 5.74) is 2.51. The fraction of sp³-hybridized carbons (Fsp3) is 0.250. The van der Waals surface area contributed by atoms with E-state index in [4.69, 9.17) is 14.2 Å². The summed E-state index contributed by atoms with van der Waals surface area (Å²) >= 11 is 0. The van der Waals surface area contributed by atoms with Gasteiger partial charge in [0.15, 0.2) is 12.4 Å². The molecule has 7 heteroatoms. The zero-order valence-electron chi connectivity index (χ0n) is 17.6. The van der Waals surface area contributed by atoms with Crippen molar-refractivity contribution in [2.75, 3.05) is 13.2 Å². The first-order chi connectivity index (χ1) is 14.9. The van der Waals surface area contributed by atoms with Crippen LogP contribution in [0.15, 0.2) is 48.5 Å². The molecule has 3 aromatic rings. The van der Waals surface area contributed by atoms with Crippen LogP contribution < -0.4 is 4.74 Å². The van der Waals surface area contributed by atoms with E-state index in [1.807, 2.05) is 31.2 Å². The summed E-state index contributed by atoms with van der Waals surface area (Å²) in [5.74, 6) is -0.856. The number of nitrogens with zero attached hydrogens (tertiary/aromatic N) is 1. The van der Waals surface area contributed by atoms with Crippen molar-refractivity contribution in [3.8, 4) is 5.75 Å². The number of para-hydroxylation sites is 1. The van der Waals surface area contributed by atoms with Crippen molar-refractivity contribution in [1.82, 2.24) is 4.98 Å². The maximum absolute atomic E-state index is 12.5. The first-order valence-corrected chi connectivity index (χ1v) is 9.85. The predicted molar refractivity (Wildman–Crippen MR) is 114 cm³/mol. The quantitative estimate of drug-likeness (QED) is 0.400. The van der Waals surface area contributed by atoms with Crippen LogP contribution in [0.5, 0.6) is 5.75 Å². The summed E-state index contributed by atoms with van der Waals surface area (Å²) in [5, 5.41) is 0.828. The smallest absolute Gasteiger partial charge is 0.344 e. The average Bonchev–Trinajstić information content (AvgIpc) is 2.76. The third-order valence-electron chi connectivity index (χ3n) is 4.67. The lowest BCUT2D eigenvalue weighted by Crippen LogP contribution is -2.18. The second-order valence-electron chi connectivity index (χ2n) is 6.83. The summed E-state index contributed by atoms with van der Waals surface area (Å²) in [6.07, 6.45) is 0. The molecule has 7 nitrogen and oxygen atoms in total. The standard InChI is InChI=1S/C24H23NO6/c1-4-29-24(28)23-15(2)19-10-5-6-11-20(19)25-21(23)13-31-22(27)14-30-18-9-7-8-17(12-18)16(3)26/h5-12H,4,13-14H2,1-3H3. The molecule has 3 rings (SSSR count). The van der Waals surface area contributed by atoms with Crippen LogP contribution in [0, 0.1) is 6.92 Å². The van der Waals surface area contributed by atoms with Crippen LogP contribution in [0.2, 0.25) is 0 Å². The van der Waals surface area contributed by atoms with Gasteiger partial charge in [-0.2, -0.15) is 0 Å². The van der Waals surface area contributed by atoms with Crippen molar-refractivity contribution in [2.24, 2.45) is 0 Å². The van der Waals surface area contributed by atoms with Crippen molar-refractivity contribution in [3.63, 3.8) is 0 Å². The monoisotopic (exact) mass is 421 g/mol. The summed E-state index contributed by atoms with van der Waals surface area (Å²) in [7, 11) is 0. The summed E-state index contributed by atoms with van der Waals surface area (Å²) in [6.45, 7) is 4.66. The van der Waals surface area contributed by atoms with E-state index < -0.39 is 11.9 Å². The lowest BCUT2D eigenvalue weighted by atomic mass is 10.0. The Morgan fingerprint density at radius 1 is 1.00 bits per heavy atom. The molecule has 0 saturated heterocycles. The van der Waals surface area contributed by atoms with Gasteiger partial charge in [0.1, 0.15) is 12.4 Å². The average molecular weight is 421 g/mol. The van der Waals surface area contributed by atoms with Crippen LogP contribution in [-0.2, 0) is 20.9 Å². The molecule has 1 aromatic heterocycles. The number of hydrogen-bond acceptors (Lipinski definition) is 7. The number of carbonyl (C=O) groups excluding carboxylic acids is 3. The Morgan fingerprint density at radius 3 is 2.52 bits per heavy atom. The highest BCUT2D eigenvalue weighted by Gasteiger charge is 2.21. The van der Waals surface area contributed by atoms with Crippen LogP contribution >= 0.6 is 0 Å². The number of carbonyl (C=O) groups is 3. The number of ketones is 1. The summed E-state index contributed by atoms with van der Waals surface area (Å²) in [4.78, 5) is 40.7. The van der Waals surface area contributed by atoms with E-state index in [9.17, 15) is 14.4 Å². The maximum Gasteiger partial charge on any atom is 0.344 e. The molecule has 0 bridgehead atoms. The number of pyridine rings is 1. The Hall–Kier alpha value is -3.74. The first-order valence-electron chi connectivity index (χ1n) is 9.85. The molecular formula is C24H23NO6. The molecule has 0 aliphatic heterocycles. The molecule has 2 aromatic carbocycles. The van der Waals surface area contributed by atoms with E-state index in [0.717, 1.165) is 5.39 Å². The molecule has 0 fully saturated rings. The molecule has 160 valence electrons. The van der Waals surface area contributed by atoms with Gasteiger partial charge in [0, 0.05) is 10.9 Å². The Morgan fingerprint density at radius 2 is 1.77 bits per heavy atom. The summed E-state index contributed by atoms with van der Waals surface area (Å²) in [6, 6.07) is 14.0. The number of aryl methyl sites for hydroxylation is 1. The number of Topliss-reactive ketones (excluding diaryl/α,β-unsaturated/α-hetero) is 1. The molecule has 1 heterocycles. The minimum absolute atomic E-state index is 0.0998. The van der Waals surface area contributed by atoms with Crippen LogP contribution in [0.25, 0.3) is 10.9 Å². The minimum Gasteiger partial charge on any atom is -0.482 e. The van der Waals surface area contributed by atoms with Crippen LogP contribution in [0.1, 0.15) is 45.8 Å². The highest BCUT2D eigenvalue weighted by molar-refractivity contribution is 5.98. The molecule has 0 radical (unpaired) electrons. The Balaban J connectivity index is 1.74. The summed E-state index contributed by atoms with van der Waals surface area (Å²) < 4.78 is 15.9. The number of hydrogen-bond donors (Lipinski definition) is 0. The first kappa shape index (κ1) is 22.0. The minimum atomic E-state index is -0.629. The van der Waals surface area contributed by atoms with Crippen molar-refractivity contribution < 1.29 is 28.6 Å².